The summed E-state index contributed by atoms with van der Waals surface area (Å²) in [4.78, 5) is 12.5. The Morgan fingerprint density at radius 3 is 2.24 bits per heavy atom. The van der Waals surface area contributed by atoms with E-state index in [2.05, 4.69) is 5.32 Å². The number of anilines is 2. The van der Waals surface area contributed by atoms with E-state index in [0.717, 1.165) is 16.4 Å². The number of amides is 1. The number of rotatable bonds is 6. The smallest absolute Gasteiger partial charge is 0.264 e. The van der Waals surface area contributed by atoms with E-state index in [1.807, 2.05) is 0 Å². The van der Waals surface area contributed by atoms with Crippen molar-refractivity contribution in [2.45, 2.75) is 4.90 Å². The van der Waals surface area contributed by atoms with E-state index in [9.17, 15) is 22.0 Å². The summed E-state index contributed by atoms with van der Waals surface area (Å²) in [5, 5.41) is 2.65. The second-order valence-electron chi connectivity index (χ2n) is 5.97. The second-order valence-corrected chi connectivity index (χ2v) is 8.27. The first kappa shape index (κ1) is 20.8. The standard InChI is InChI=1S/C20H15ClF2N2O3S/c21-14-6-9-16(10-7-14)25(29(27,28)17-4-2-1-3-5-17)13-20(26)24-19-11-8-15(22)12-18(19)23/h1-12H,13H2,(H,24,26). The van der Waals surface area contributed by atoms with Crippen molar-refractivity contribution in [3.05, 3.63) is 89.5 Å². The third kappa shape index (κ3) is 4.90. The number of carbonyl (C=O) groups is 1. The minimum Gasteiger partial charge on any atom is -0.322 e. The maximum atomic E-state index is 13.8. The van der Waals surface area contributed by atoms with Gasteiger partial charge in [0, 0.05) is 11.1 Å². The predicted molar refractivity (Wildman–Crippen MR) is 107 cm³/mol. The van der Waals surface area contributed by atoms with Crippen LogP contribution in [0.2, 0.25) is 5.02 Å². The quantitative estimate of drug-likeness (QED) is 0.620. The van der Waals surface area contributed by atoms with Crippen molar-refractivity contribution in [2.75, 3.05) is 16.2 Å². The minimum atomic E-state index is -4.10. The molecule has 5 nitrogen and oxygen atoms in total. The third-order valence-corrected chi connectivity index (χ3v) is 5.98. The highest BCUT2D eigenvalue weighted by Crippen LogP contribution is 2.25. The van der Waals surface area contributed by atoms with Crippen LogP contribution in [0.1, 0.15) is 0 Å². The molecular formula is C20H15ClF2N2O3S. The summed E-state index contributed by atoms with van der Waals surface area (Å²) in [5.74, 6) is -2.57. The average molecular weight is 437 g/mol. The van der Waals surface area contributed by atoms with Crippen LogP contribution in [-0.2, 0) is 14.8 Å². The van der Waals surface area contributed by atoms with Gasteiger partial charge in [0.25, 0.3) is 10.0 Å². The molecule has 0 aliphatic heterocycles. The molecular weight excluding hydrogens is 422 g/mol. The fourth-order valence-corrected chi connectivity index (χ4v) is 4.12. The van der Waals surface area contributed by atoms with Gasteiger partial charge in [0.1, 0.15) is 18.2 Å². The normalized spacial score (nSPS) is 11.1. The number of halogens is 3. The molecule has 0 bridgehead atoms. The summed E-state index contributed by atoms with van der Waals surface area (Å²) < 4.78 is 54.0. The highest BCUT2D eigenvalue weighted by Gasteiger charge is 2.27. The molecule has 1 N–H and O–H groups in total. The van der Waals surface area contributed by atoms with Crippen molar-refractivity contribution < 1.29 is 22.0 Å². The zero-order chi connectivity index (χ0) is 21.0. The van der Waals surface area contributed by atoms with E-state index in [1.54, 1.807) is 18.2 Å². The molecule has 0 aromatic heterocycles. The summed E-state index contributed by atoms with van der Waals surface area (Å²) in [6.07, 6.45) is 0. The molecule has 0 aliphatic rings. The van der Waals surface area contributed by atoms with Gasteiger partial charge in [-0.05, 0) is 48.5 Å². The van der Waals surface area contributed by atoms with Crippen LogP contribution in [0.15, 0.2) is 77.7 Å². The van der Waals surface area contributed by atoms with Crippen molar-refractivity contribution in [1.29, 1.82) is 0 Å². The number of sulfonamides is 1. The van der Waals surface area contributed by atoms with Gasteiger partial charge in [-0.2, -0.15) is 0 Å². The van der Waals surface area contributed by atoms with Crippen LogP contribution in [0.3, 0.4) is 0 Å². The average Bonchev–Trinajstić information content (AvgIpc) is 2.70. The van der Waals surface area contributed by atoms with Crippen molar-refractivity contribution in [2.24, 2.45) is 0 Å². The highest BCUT2D eigenvalue weighted by atomic mass is 35.5. The number of nitrogens with one attached hydrogen (secondary N) is 1. The van der Waals surface area contributed by atoms with Gasteiger partial charge in [-0.3, -0.25) is 9.10 Å². The summed E-state index contributed by atoms with van der Waals surface area (Å²) in [5.41, 5.74) is -0.0578. The molecule has 3 aromatic rings. The lowest BCUT2D eigenvalue weighted by Crippen LogP contribution is -2.38. The fourth-order valence-electron chi connectivity index (χ4n) is 2.55. The fraction of sp³-hybridized carbons (Fsp3) is 0.0500. The van der Waals surface area contributed by atoms with Crippen molar-refractivity contribution in [3.63, 3.8) is 0 Å². The molecule has 0 saturated heterocycles. The molecule has 0 heterocycles. The van der Waals surface area contributed by atoms with E-state index in [1.165, 1.54) is 36.4 Å². The van der Waals surface area contributed by atoms with Crippen LogP contribution in [0.5, 0.6) is 0 Å². The molecule has 0 saturated carbocycles. The zero-order valence-corrected chi connectivity index (χ0v) is 16.4. The van der Waals surface area contributed by atoms with Crippen LogP contribution < -0.4 is 9.62 Å². The highest BCUT2D eigenvalue weighted by molar-refractivity contribution is 7.92. The Morgan fingerprint density at radius 1 is 0.966 bits per heavy atom. The second kappa shape index (κ2) is 8.59. The van der Waals surface area contributed by atoms with E-state index in [-0.39, 0.29) is 16.3 Å². The van der Waals surface area contributed by atoms with Gasteiger partial charge in [-0.1, -0.05) is 29.8 Å². The van der Waals surface area contributed by atoms with Crippen molar-refractivity contribution >= 4 is 38.9 Å². The predicted octanol–water partition coefficient (Wildman–Crippen LogP) is 4.45. The lowest BCUT2D eigenvalue weighted by atomic mass is 10.3. The first-order chi connectivity index (χ1) is 13.8. The maximum absolute atomic E-state index is 13.8. The van der Waals surface area contributed by atoms with E-state index in [4.69, 9.17) is 11.6 Å². The first-order valence-electron chi connectivity index (χ1n) is 8.35. The van der Waals surface area contributed by atoms with Crippen LogP contribution in [-0.4, -0.2) is 20.9 Å². The molecule has 0 radical (unpaired) electrons. The summed E-state index contributed by atoms with van der Waals surface area (Å²) in [6.45, 7) is -0.629. The molecule has 3 aromatic carbocycles. The zero-order valence-electron chi connectivity index (χ0n) is 14.8. The van der Waals surface area contributed by atoms with E-state index in [0.29, 0.717) is 11.1 Å². The Balaban J connectivity index is 1.93. The van der Waals surface area contributed by atoms with Gasteiger partial charge >= 0.3 is 0 Å². The Morgan fingerprint density at radius 2 is 1.62 bits per heavy atom. The largest absolute Gasteiger partial charge is 0.322 e. The molecule has 0 aliphatic carbocycles. The summed E-state index contributed by atoms with van der Waals surface area (Å²) >= 11 is 5.87. The lowest BCUT2D eigenvalue weighted by molar-refractivity contribution is -0.114. The van der Waals surface area contributed by atoms with Crippen molar-refractivity contribution in [3.8, 4) is 0 Å². The SMILES string of the molecule is O=C(CN(c1ccc(Cl)cc1)S(=O)(=O)c1ccccc1)Nc1ccc(F)cc1F. The van der Waals surface area contributed by atoms with Crippen molar-refractivity contribution in [1.82, 2.24) is 0 Å². The van der Waals surface area contributed by atoms with Crippen LogP contribution in [0.4, 0.5) is 20.2 Å². The van der Waals surface area contributed by atoms with E-state index < -0.39 is 34.1 Å². The monoisotopic (exact) mass is 436 g/mol. The third-order valence-electron chi connectivity index (χ3n) is 3.94. The Bertz CT molecular complexity index is 1120. The molecule has 150 valence electrons. The molecule has 0 spiro atoms. The van der Waals surface area contributed by atoms with Crippen LogP contribution in [0.25, 0.3) is 0 Å². The Labute approximate surface area is 171 Å². The number of carbonyl (C=O) groups excluding carboxylic acids is 1. The first-order valence-corrected chi connectivity index (χ1v) is 10.2. The number of hydrogen-bond acceptors (Lipinski definition) is 3. The molecule has 29 heavy (non-hydrogen) atoms. The number of benzene rings is 3. The van der Waals surface area contributed by atoms with Crippen LogP contribution in [0, 0.1) is 11.6 Å². The minimum absolute atomic E-state index is 0.0179. The van der Waals surface area contributed by atoms with Gasteiger partial charge in [-0.15, -0.1) is 0 Å². The van der Waals surface area contributed by atoms with Gasteiger partial charge in [0.15, 0.2) is 0 Å². The van der Waals surface area contributed by atoms with Gasteiger partial charge in [0.2, 0.25) is 5.91 Å². The molecule has 1 amide bonds. The Hall–Kier alpha value is -2.97. The van der Waals surface area contributed by atoms with Gasteiger partial charge in [0.05, 0.1) is 16.3 Å². The van der Waals surface area contributed by atoms with Gasteiger partial charge < -0.3 is 5.32 Å². The maximum Gasteiger partial charge on any atom is 0.264 e. The summed E-state index contributed by atoms with van der Waals surface area (Å²) in [7, 11) is -4.10. The summed E-state index contributed by atoms with van der Waals surface area (Å²) in [6, 6.07) is 16.1. The molecule has 3 rings (SSSR count). The van der Waals surface area contributed by atoms with E-state index >= 15 is 0 Å². The molecule has 9 heteroatoms. The molecule has 0 fully saturated rings. The topological polar surface area (TPSA) is 66.5 Å². The Kier molecular flexibility index (Phi) is 6.14. The van der Waals surface area contributed by atoms with Crippen LogP contribution >= 0.6 is 11.6 Å². The molecule has 0 unspecified atom stereocenters. The van der Waals surface area contributed by atoms with Gasteiger partial charge in [-0.25, -0.2) is 17.2 Å². The molecule has 0 atom stereocenters. The lowest BCUT2D eigenvalue weighted by Gasteiger charge is -2.24. The number of hydrogen-bond donors (Lipinski definition) is 1. The number of nitrogens with zero attached hydrogens (tertiary/aromatic N) is 1.